The van der Waals surface area contributed by atoms with Gasteiger partial charge < -0.3 is 9.88 Å². The van der Waals surface area contributed by atoms with Crippen LogP contribution in [0.25, 0.3) is 11.0 Å². The van der Waals surface area contributed by atoms with Crippen LogP contribution in [0, 0.1) is 0 Å². The van der Waals surface area contributed by atoms with Crippen LogP contribution >= 0.6 is 0 Å². The highest BCUT2D eigenvalue weighted by molar-refractivity contribution is 7.88. The number of fused-ring (bicyclic) bond motifs is 2. The summed E-state index contributed by atoms with van der Waals surface area (Å²) in [5, 5.41) is 0.628. The van der Waals surface area contributed by atoms with E-state index in [9.17, 15) is 21.6 Å². The van der Waals surface area contributed by atoms with Gasteiger partial charge in [-0.2, -0.15) is 13.2 Å². The number of anilines is 1. The van der Waals surface area contributed by atoms with Crippen LogP contribution in [0.5, 0.6) is 0 Å². The molecule has 2 aliphatic heterocycles. The van der Waals surface area contributed by atoms with Gasteiger partial charge in [-0.05, 0) is 31.9 Å². The van der Waals surface area contributed by atoms with Crippen molar-refractivity contribution in [2.45, 2.75) is 50.9 Å². The number of piperidine rings is 1. The Bertz CT molecular complexity index is 1330. The Morgan fingerprint density at radius 3 is 2.59 bits per heavy atom. The maximum absolute atomic E-state index is 13.6. The van der Waals surface area contributed by atoms with Gasteiger partial charge in [0.05, 0.1) is 23.3 Å². The van der Waals surface area contributed by atoms with Gasteiger partial charge in [0.25, 0.3) is 0 Å². The number of pyridine rings is 1. The predicted octanol–water partition coefficient (Wildman–Crippen LogP) is 3.46. The van der Waals surface area contributed by atoms with Crippen molar-refractivity contribution in [2.24, 2.45) is 0 Å². The molecular formula is C22H25F3N6O2S. The minimum atomic E-state index is -4.56. The maximum atomic E-state index is 13.6. The molecule has 1 atom stereocenters. The van der Waals surface area contributed by atoms with Crippen molar-refractivity contribution in [3.8, 4) is 0 Å². The summed E-state index contributed by atoms with van der Waals surface area (Å²) in [4.78, 5) is 17.6. The van der Waals surface area contributed by atoms with Gasteiger partial charge in [-0.1, -0.05) is 0 Å². The average molecular weight is 495 g/mol. The average Bonchev–Trinajstić information content (AvgIpc) is 3.25. The lowest BCUT2D eigenvalue weighted by Gasteiger charge is -2.38. The Balaban J connectivity index is 1.51. The number of nitrogens with one attached hydrogen (secondary N) is 1. The van der Waals surface area contributed by atoms with Crippen molar-refractivity contribution >= 4 is 26.7 Å². The molecule has 0 bridgehead atoms. The highest BCUT2D eigenvalue weighted by atomic mass is 32.2. The molecule has 8 nitrogen and oxygen atoms in total. The molecule has 0 unspecified atom stereocenters. The fourth-order valence-electron chi connectivity index (χ4n) is 5.07. The van der Waals surface area contributed by atoms with Gasteiger partial charge in [0.1, 0.15) is 17.7 Å². The second kappa shape index (κ2) is 8.19. The monoisotopic (exact) mass is 494 g/mol. The molecule has 1 saturated heterocycles. The molecule has 12 heteroatoms. The highest BCUT2D eigenvalue weighted by Gasteiger charge is 2.36. The Hall–Kier alpha value is -2.73. The molecule has 1 fully saturated rings. The van der Waals surface area contributed by atoms with Crippen molar-refractivity contribution in [1.29, 1.82) is 0 Å². The summed E-state index contributed by atoms with van der Waals surface area (Å²) in [5.74, 6) is 0.0699. The van der Waals surface area contributed by atoms with E-state index >= 15 is 0 Å². The maximum Gasteiger partial charge on any atom is 0.433 e. The highest BCUT2D eigenvalue weighted by Crippen LogP contribution is 2.39. The Kier molecular flexibility index (Phi) is 5.55. The largest absolute Gasteiger partial charge is 0.433 e. The standard InChI is InChI=1S/C22H25F3N6O2S/c1-13-9-17-16(20(28-12-27-17)14-4-7-30(8-5-14)34(2,32)33)11-31(13)18-10-19(22(23,24)25)29-21-15(18)3-6-26-21/h3,6,10,12-14H,4-5,7-9,11H2,1-2H3,(H,26,29)/t13-/m1/s1. The van der Waals surface area contributed by atoms with Crippen molar-refractivity contribution < 1.29 is 21.6 Å². The summed E-state index contributed by atoms with van der Waals surface area (Å²) < 4.78 is 65.9. The summed E-state index contributed by atoms with van der Waals surface area (Å²) in [7, 11) is -3.24. The zero-order valence-electron chi connectivity index (χ0n) is 18.8. The molecule has 3 aromatic heterocycles. The van der Waals surface area contributed by atoms with Crippen molar-refractivity contribution in [1.82, 2.24) is 24.2 Å². The molecule has 0 aromatic carbocycles. The number of nitrogens with zero attached hydrogens (tertiary/aromatic N) is 5. The fourth-order valence-corrected chi connectivity index (χ4v) is 5.94. The Morgan fingerprint density at radius 1 is 1.18 bits per heavy atom. The number of hydrogen-bond donors (Lipinski definition) is 1. The molecule has 1 N–H and O–H groups in total. The second-order valence-corrected chi connectivity index (χ2v) is 11.0. The van der Waals surface area contributed by atoms with Gasteiger partial charge in [0.15, 0.2) is 0 Å². The third kappa shape index (κ3) is 4.13. The lowest BCUT2D eigenvalue weighted by Crippen LogP contribution is -2.41. The number of aromatic amines is 1. The number of halogens is 3. The fraction of sp³-hybridized carbons (Fsp3) is 0.500. The number of sulfonamides is 1. The quantitative estimate of drug-likeness (QED) is 0.599. The van der Waals surface area contributed by atoms with E-state index in [-0.39, 0.29) is 17.6 Å². The predicted molar refractivity (Wildman–Crippen MR) is 121 cm³/mol. The molecule has 2 aliphatic rings. The van der Waals surface area contributed by atoms with E-state index in [1.807, 2.05) is 11.8 Å². The normalized spacial score (nSPS) is 20.6. The summed E-state index contributed by atoms with van der Waals surface area (Å²) in [5.41, 5.74) is 2.42. The van der Waals surface area contributed by atoms with E-state index in [1.165, 1.54) is 16.9 Å². The molecule has 5 heterocycles. The van der Waals surface area contributed by atoms with Gasteiger partial charge >= 0.3 is 6.18 Å². The second-order valence-electron chi connectivity index (χ2n) is 9.07. The summed E-state index contributed by atoms with van der Waals surface area (Å²) >= 11 is 0. The number of aromatic nitrogens is 4. The van der Waals surface area contributed by atoms with Crippen LogP contribution in [0.15, 0.2) is 24.7 Å². The van der Waals surface area contributed by atoms with E-state index in [2.05, 4.69) is 19.9 Å². The number of H-pyrrole nitrogens is 1. The third-order valence-corrected chi connectivity index (χ3v) is 8.14. The Morgan fingerprint density at radius 2 is 1.91 bits per heavy atom. The Labute approximate surface area is 195 Å². The topological polar surface area (TPSA) is 95.1 Å². The first-order chi connectivity index (χ1) is 16.0. The molecule has 3 aromatic rings. The first kappa shape index (κ1) is 23.0. The van der Waals surface area contributed by atoms with Crippen LogP contribution in [0.4, 0.5) is 18.9 Å². The van der Waals surface area contributed by atoms with Crippen LogP contribution in [0.1, 0.15) is 48.3 Å². The van der Waals surface area contributed by atoms with Gasteiger partial charge in [-0.3, -0.25) is 0 Å². The van der Waals surface area contributed by atoms with Crippen LogP contribution in [0.2, 0.25) is 0 Å². The zero-order valence-corrected chi connectivity index (χ0v) is 19.6. The van der Waals surface area contributed by atoms with Crippen molar-refractivity contribution in [3.05, 3.63) is 47.3 Å². The van der Waals surface area contributed by atoms with Gasteiger partial charge in [0.2, 0.25) is 10.0 Å². The van der Waals surface area contributed by atoms with E-state index in [0.717, 1.165) is 23.0 Å². The minimum absolute atomic E-state index is 0.0699. The SMILES string of the molecule is C[C@@H]1Cc2ncnc(C3CCN(S(C)(=O)=O)CC3)c2CN1c1cc(C(F)(F)F)nc2[nH]ccc12. The minimum Gasteiger partial charge on any atom is -0.363 e. The number of rotatable bonds is 3. The summed E-state index contributed by atoms with van der Waals surface area (Å²) in [6.45, 7) is 3.19. The van der Waals surface area contributed by atoms with Crippen LogP contribution in [-0.2, 0) is 29.2 Å². The molecule has 34 heavy (non-hydrogen) atoms. The lowest BCUT2D eigenvalue weighted by atomic mass is 9.87. The summed E-state index contributed by atoms with van der Waals surface area (Å²) in [6.07, 6.45) is 1.63. The van der Waals surface area contributed by atoms with Gasteiger partial charge in [0, 0.05) is 55.2 Å². The number of hydrogen-bond acceptors (Lipinski definition) is 6. The molecule has 182 valence electrons. The van der Waals surface area contributed by atoms with Crippen LogP contribution in [0.3, 0.4) is 0 Å². The molecule has 5 rings (SSSR count). The summed E-state index contributed by atoms with van der Waals surface area (Å²) in [6, 6.07) is 2.78. The molecule has 0 spiro atoms. The first-order valence-corrected chi connectivity index (χ1v) is 13.0. The van der Waals surface area contributed by atoms with Crippen LogP contribution in [-0.4, -0.2) is 58.0 Å². The van der Waals surface area contributed by atoms with Crippen molar-refractivity contribution in [3.63, 3.8) is 0 Å². The lowest BCUT2D eigenvalue weighted by molar-refractivity contribution is -0.140. The first-order valence-electron chi connectivity index (χ1n) is 11.1. The molecule has 0 saturated carbocycles. The van der Waals surface area contributed by atoms with E-state index in [1.54, 1.807) is 12.3 Å². The molecular weight excluding hydrogens is 469 g/mol. The van der Waals surface area contributed by atoms with Gasteiger partial charge in [-0.15, -0.1) is 0 Å². The molecule has 0 aliphatic carbocycles. The number of alkyl halides is 3. The molecule has 0 radical (unpaired) electrons. The van der Waals surface area contributed by atoms with E-state index in [0.29, 0.717) is 50.0 Å². The van der Waals surface area contributed by atoms with Crippen LogP contribution < -0.4 is 4.90 Å². The van der Waals surface area contributed by atoms with Gasteiger partial charge in [-0.25, -0.2) is 27.7 Å². The van der Waals surface area contributed by atoms with Crippen molar-refractivity contribution in [2.75, 3.05) is 24.2 Å². The third-order valence-electron chi connectivity index (χ3n) is 6.83. The zero-order chi connectivity index (χ0) is 24.3. The van der Waals surface area contributed by atoms with E-state index in [4.69, 9.17) is 0 Å². The molecule has 0 amide bonds. The smallest absolute Gasteiger partial charge is 0.363 e. The van der Waals surface area contributed by atoms with E-state index < -0.39 is 21.9 Å².